The van der Waals surface area contributed by atoms with Crippen molar-refractivity contribution < 1.29 is 13.9 Å². The maximum absolute atomic E-state index is 11.4. The SMILES string of the molecule is O=C(CNC1CC1)OCc1ccc2ncoc2c1. The van der Waals surface area contributed by atoms with Crippen LogP contribution >= 0.6 is 0 Å². The molecule has 5 heteroatoms. The molecule has 0 saturated heterocycles. The number of oxazole rings is 1. The van der Waals surface area contributed by atoms with Crippen LogP contribution in [0.5, 0.6) is 0 Å². The molecule has 0 unspecified atom stereocenters. The number of aromatic nitrogens is 1. The highest BCUT2D eigenvalue weighted by Crippen LogP contribution is 2.18. The molecule has 1 aromatic heterocycles. The van der Waals surface area contributed by atoms with E-state index >= 15 is 0 Å². The maximum Gasteiger partial charge on any atom is 0.320 e. The lowest BCUT2D eigenvalue weighted by atomic mass is 10.2. The molecule has 1 aliphatic carbocycles. The molecule has 5 nitrogen and oxygen atoms in total. The van der Waals surface area contributed by atoms with Crippen LogP contribution in [0.2, 0.25) is 0 Å². The Kier molecular flexibility index (Phi) is 2.98. The van der Waals surface area contributed by atoms with Gasteiger partial charge in [0.1, 0.15) is 12.1 Å². The van der Waals surface area contributed by atoms with Gasteiger partial charge in [-0.3, -0.25) is 4.79 Å². The van der Waals surface area contributed by atoms with Crippen LogP contribution in [0.1, 0.15) is 18.4 Å². The van der Waals surface area contributed by atoms with Crippen molar-refractivity contribution in [3.8, 4) is 0 Å². The topological polar surface area (TPSA) is 64.4 Å². The van der Waals surface area contributed by atoms with E-state index in [0.29, 0.717) is 11.6 Å². The first-order valence-corrected chi connectivity index (χ1v) is 6.02. The highest BCUT2D eigenvalue weighted by atomic mass is 16.5. The van der Waals surface area contributed by atoms with Crippen molar-refractivity contribution in [2.24, 2.45) is 0 Å². The third-order valence-corrected chi connectivity index (χ3v) is 2.91. The summed E-state index contributed by atoms with van der Waals surface area (Å²) in [4.78, 5) is 15.5. The molecule has 1 heterocycles. The average Bonchev–Trinajstić information content (AvgIpc) is 3.10. The molecule has 0 bridgehead atoms. The first kappa shape index (κ1) is 11.2. The van der Waals surface area contributed by atoms with Crippen LogP contribution in [-0.4, -0.2) is 23.5 Å². The third kappa shape index (κ3) is 2.68. The maximum atomic E-state index is 11.4. The third-order valence-electron chi connectivity index (χ3n) is 2.91. The van der Waals surface area contributed by atoms with Crippen molar-refractivity contribution in [2.45, 2.75) is 25.5 Å². The molecule has 18 heavy (non-hydrogen) atoms. The summed E-state index contributed by atoms with van der Waals surface area (Å²) in [5, 5.41) is 3.12. The van der Waals surface area contributed by atoms with Crippen molar-refractivity contribution in [1.29, 1.82) is 0 Å². The molecular formula is C13H14N2O3. The molecule has 0 amide bonds. The zero-order valence-electron chi connectivity index (χ0n) is 9.89. The Morgan fingerprint density at radius 3 is 3.22 bits per heavy atom. The van der Waals surface area contributed by atoms with E-state index in [1.165, 1.54) is 6.39 Å². The number of carbonyl (C=O) groups is 1. The molecule has 1 saturated carbocycles. The number of benzene rings is 1. The molecule has 94 valence electrons. The quantitative estimate of drug-likeness (QED) is 0.812. The van der Waals surface area contributed by atoms with Gasteiger partial charge in [0.15, 0.2) is 12.0 Å². The summed E-state index contributed by atoms with van der Waals surface area (Å²) in [6, 6.07) is 6.09. The molecule has 1 aliphatic rings. The van der Waals surface area contributed by atoms with Gasteiger partial charge in [-0.05, 0) is 30.5 Å². The minimum atomic E-state index is -0.223. The minimum absolute atomic E-state index is 0.223. The Bertz CT molecular complexity index is 560. The van der Waals surface area contributed by atoms with Crippen molar-refractivity contribution in [3.63, 3.8) is 0 Å². The van der Waals surface area contributed by atoms with Gasteiger partial charge in [0.25, 0.3) is 0 Å². The predicted molar refractivity (Wildman–Crippen MR) is 64.8 cm³/mol. The van der Waals surface area contributed by atoms with Gasteiger partial charge >= 0.3 is 5.97 Å². The highest BCUT2D eigenvalue weighted by Gasteiger charge is 2.21. The van der Waals surface area contributed by atoms with Gasteiger partial charge in [-0.15, -0.1) is 0 Å². The lowest BCUT2D eigenvalue weighted by Gasteiger charge is -2.05. The van der Waals surface area contributed by atoms with Crippen molar-refractivity contribution >= 4 is 17.1 Å². The van der Waals surface area contributed by atoms with Gasteiger partial charge in [0, 0.05) is 6.04 Å². The minimum Gasteiger partial charge on any atom is -0.460 e. The molecule has 1 N–H and O–H groups in total. The van der Waals surface area contributed by atoms with E-state index in [1.54, 1.807) is 0 Å². The second-order valence-electron chi connectivity index (χ2n) is 4.47. The molecule has 1 aromatic carbocycles. The number of esters is 1. The highest BCUT2D eigenvalue weighted by molar-refractivity contribution is 5.73. The van der Waals surface area contributed by atoms with Crippen LogP contribution in [0.15, 0.2) is 29.0 Å². The summed E-state index contributed by atoms with van der Waals surface area (Å²) in [6.45, 7) is 0.553. The Labute approximate surface area is 104 Å². The number of ether oxygens (including phenoxy) is 1. The number of rotatable bonds is 5. The lowest BCUT2D eigenvalue weighted by molar-refractivity contribution is -0.143. The number of hydrogen-bond acceptors (Lipinski definition) is 5. The first-order chi connectivity index (χ1) is 8.81. The second kappa shape index (κ2) is 4.78. The number of nitrogens with zero attached hydrogens (tertiary/aromatic N) is 1. The molecule has 0 aliphatic heterocycles. The van der Waals surface area contributed by atoms with Crippen molar-refractivity contribution in [3.05, 3.63) is 30.2 Å². The lowest BCUT2D eigenvalue weighted by Crippen LogP contribution is -2.26. The summed E-state index contributed by atoms with van der Waals surface area (Å²) in [6.07, 6.45) is 3.73. The number of hydrogen-bond donors (Lipinski definition) is 1. The zero-order valence-corrected chi connectivity index (χ0v) is 9.89. The second-order valence-corrected chi connectivity index (χ2v) is 4.47. The average molecular weight is 246 g/mol. The molecule has 2 aromatic rings. The number of carbonyl (C=O) groups excluding carboxylic acids is 1. The van der Waals surface area contributed by atoms with E-state index in [-0.39, 0.29) is 19.1 Å². The van der Waals surface area contributed by atoms with Gasteiger partial charge < -0.3 is 14.5 Å². The summed E-state index contributed by atoms with van der Waals surface area (Å²) >= 11 is 0. The normalized spacial score (nSPS) is 14.9. The Hall–Kier alpha value is -1.88. The van der Waals surface area contributed by atoms with Gasteiger partial charge in [-0.1, -0.05) is 6.07 Å². The fraction of sp³-hybridized carbons (Fsp3) is 0.385. The summed E-state index contributed by atoms with van der Waals surface area (Å²) in [7, 11) is 0. The van der Waals surface area contributed by atoms with E-state index in [2.05, 4.69) is 10.3 Å². The molecule has 1 fully saturated rings. The van der Waals surface area contributed by atoms with Gasteiger partial charge in [-0.25, -0.2) is 4.98 Å². The van der Waals surface area contributed by atoms with Crippen molar-refractivity contribution in [2.75, 3.05) is 6.54 Å². The van der Waals surface area contributed by atoms with Gasteiger partial charge in [0.05, 0.1) is 6.54 Å². The Balaban J connectivity index is 1.53. The van der Waals surface area contributed by atoms with E-state index < -0.39 is 0 Å². The summed E-state index contributed by atoms with van der Waals surface area (Å²) < 4.78 is 10.4. The molecular weight excluding hydrogens is 232 g/mol. The Morgan fingerprint density at radius 2 is 2.39 bits per heavy atom. The molecule has 0 atom stereocenters. The van der Waals surface area contributed by atoms with Crippen LogP contribution < -0.4 is 5.32 Å². The zero-order chi connectivity index (χ0) is 12.4. The van der Waals surface area contributed by atoms with Crippen LogP contribution in [0.4, 0.5) is 0 Å². The van der Waals surface area contributed by atoms with Crippen LogP contribution in [-0.2, 0) is 16.1 Å². The van der Waals surface area contributed by atoms with E-state index in [9.17, 15) is 4.79 Å². The fourth-order valence-electron chi connectivity index (χ4n) is 1.72. The van der Waals surface area contributed by atoms with E-state index in [0.717, 1.165) is 23.9 Å². The first-order valence-electron chi connectivity index (χ1n) is 6.02. The Morgan fingerprint density at radius 1 is 1.50 bits per heavy atom. The molecule has 0 spiro atoms. The predicted octanol–water partition coefficient (Wildman–Crippen LogP) is 1.62. The molecule has 0 radical (unpaired) electrons. The van der Waals surface area contributed by atoms with Crippen LogP contribution in [0.3, 0.4) is 0 Å². The smallest absolute Gasteiger partial charge is 0.320 e. The van der Waals surface area contributed by atoms with E-state index in [1.807, 2.05) is 18.2 Å². The van der Waals surface area contributed by atoms with Crippen LogP contribution in [0, 0.1) is 0 Å². The van der Waals surface area contributed by atoms with E-state index in [4.69, 9.17) is 9.15 Å². The largest absolute Gasteiger partial charge is 0.460 e. The number of nitrogens with one attached hydrogen (secondary N) is 1. The van der Waals surface area contributed by atoms with Crippen LogP contribution in [0.25, 0.3) is 11.1 Å². The summed E-state index contributed by atoms with van der Waals surface area (Å²) in [5.41, 5.74) is 2.42. The summed E-state index contributed by atoms with van der Waals surface area (Å²) in [5.74, 6) is -0.223. The molecule has 3 rings (SSSR count). The fourth-order valence-corrected chi connectivity index (χ4v) is 1.72. The van der Waals surface area contributed by atoms with Gasteiger partial charge in [-0.2, -0.15) is 0 Å². The number of fused-ring (bicyclic) bond motifs is 1. The van der Waals surface area contributed by atoms with Crippen molar-refractivity contribution in [1.82, 2.24) is 10.3 Å². The standard InChI is InChI=1S/C13H14N2O3/c16-13(6-14-10-2-3-10)17-7-9-1-4-11-12(5-9)18-8-15-11/h1,4-5,8,10,14H,2-3,6-7H2. The van der Waals surface area contributed by atoms with Gasteiger partial charge in [0.2, 0.25) is 0 Å². The monoisotopic (exact) mass is 246 g/mol.